The quantitative estimate of drug-likeness (QED) is 0.842. The van der Waals surface area contributed by atoms with Gasteiger partial charge >= 0.3 is 0 Å². The van der Waals surface area contributed by atoms with E-state index in [1.54, 1.807) is 23.6 Å². The Morgan fingerprint density at radius 2 is 2.28 bits per heavy atom. The zero-order valence-corrected chi connectivity index (χ0v) is 11.8. The zero-order valence-electron chi connectivity index (χ0n) is 10.2. The number of anilines is 2. The molecule has 3 N–H and O–H groups in total. The first-order chi connectivity index (χ1) is 8.58. The van der Waals surface area contributed by atoms with Gasteiger partial charge in [0.25, 0.3) is 0 Å². The minimum absolute atomic E-state index is 0.325. The van der Waals surface area contributed by atoms with Gasteiger partial charge in [-0.2, -0.15) is 0 Å². The Balaban J connectivity index is 2.25. The second-order valence-corrected chi connectivity index (χ2v) is 5.42. The lowest BCUT2D eigenvalue weighted by Crippen LogP contribution is -2.12. The molecule has 0 aliphatic heterocycles. The molecule has 0 saturated carbocycles. The third-order valence-electron chi connectivity index (χ3n) is 2.41. The molecule has 94 valence electrons. The average molecular weight is 278 g/mol. The van der Waals surface area contributed by atoms with Crippen LogP contribution in [0.25, 0.3) is 0 Å². The fourth-order valence-electron chi connectivity index (χ4n) is 1.41. The molecule has 0 unspecified atom stereocenters. The van der Waals surface area contributed by atoms with E-state index < -0.39 is 0 Å². The van der Waals surface area contributed by atoms with Crippen molar-refractivity contribution in [2.45, 2.75) is 19.8 Å². The summed E-state index contributed by atoms with van der Waals surface area (Å²) in [5.74, 6) is 1.06. The van der Waals surface area contributed by atoms with Crippen molar-refractivity contribution in [3.8, 4) is 0 Å². The van der Waals surface area contributed by atoms with Gasteiger partial charge in [-0.25, -0.2) is 9.97 Å². The van der Waals surface area contributed by atoms with Crippen LogP contribution in [0.4, 0.5) is 10.9 Å². The predicted octanol–water partition coefficient (Wildman–Crippen LogP) is 3.04. The average Bonchev–Trinajstić information content (AvgIpc) is 2.78. The van der Waals surface area contributed by atoms with E-state index in [4.69, 9.17) is 18.0 Å². The van der Waals surface area contributed by atoms with Gasteiger partial charge < -0.3 is 11.1 Å². The van der Waals surface area contributed by atoms with E-state index in [-0.39, 0.29) is 0 Å². The molecule has 6 heteroatoms. The molecule has 0 aliphatic carbocycles. The van der Waals surface area contributed by atoms with E-state index >= 15 is 0 Å². The molecule has 2 aromatic rings. The van der Waals surface area contributed by atoms with Crippen molar-refractivity contribution in [3.05, 3.63) is 35.0 Å². The molecule has 2 heterocycles. The van der Waals surface area contributed by atoms with E-state index in [0.29, 0.717) is 16.7 Å². The summed E-state index contributed by atoms with van der Waals surface area (Å²) in [5, 5.41) is 6.00. The standard InChI is InChI=1S/C12H14N4S2/c1-7(2)9-6-18-12(15-9)16-11-8(10(13)17)4-3-5-14-11/h3-7H,1-2H3,(H2,13,17)(H,14,15,16). The first-order valence-corrected chi connectivity index (χ1v) is 6.84. The molecule has 18 heavy (non-hydrogen) atoms. The first-order valence-electron chi connectivity index (χ1n) is 5.55. The summed E-state index contributed by atoms with van der Waals surface area (Å²) in [6.07, 6.45) is 1.70. The maximum absolute atomic E-state index is 5.66. The normalized spacial score (nSPS) is 10.6. The van der Waals surface area contributed by atoms with Crippen LogP contribution in [0.1, 0.15) is 31.0 Å². The lowest BCUT2D eigenvalue weighted by Gasteiger charge is -2.07. The molecular formula is C12H14N4S2. The van der Waals surface area contributed by atoms with Gasteiger partial charge in [-0.3, -0.25) is 0 Å². The van der Waals surface area contributed by atoms with Crippen molar-refractivity contribution in [1.29, 1.82) is 0 Å². The monoisotopic (exact) mass is 278 g/mol. The van der Waals surface area contributed by atoms with Crippen molar-refractivity contribution in [3.63, 3.8) is 0 Å². The van der Waals surface area contributed by atoms with E-state index in [2.05, 4.69) is 29.1 Å². The summed E-state index contributed by atoms with van der Waals surface area (Å²) in [6, 6.07) is 3.65. The molecule has 0 fully saturated rings. The van der Waals surface area contributed by atoms with Crippen LogP contribution in [0.3, 0.4) is 0 Å². The van der Waals surface area contributed by atoms with Gasteiger partial charge in [-0.15, -0.1) is 11.3 Å². The highest BCUT2D eigenvalue weighted by atomic mass is 32.1. The molecule has 0 aromatic carbocycles. The van der Waals surface area contributed by atoms with Crippen LogP contribution in [-0.2, 0) is 0 Å². The molecule has 0 atom stereocenters. The number of nitrogens with two attached hydrogens (primary N) is 1. The summed E-state index contributed by atoms with van der Waals surface area (Å²) in [4.78, 5) is 9.05. The van der Waals surface area contributed by atoms with Crippen LogP contribution in [-0.4, -0.2) is 15.0 Å². The SMILES string of the molecule is CC(C)c1csc(Nc2ncccc2C(N)=S)n1. The summed E-state index contributed by atoms with van der Waals surface area (Å²) in [6.45, 7) is 4.22. The highest BCUT2D eigenvalue weighted by Crippen LogP contribution is 2.25. The van der Waals surface area contributed by atoms with Crippen molar-refractivity contribution in [2.75, 3.05) is 5.32 Å². The third kappa shape index (κ3) is 2.83. The lowest BCUT2D eigenvalue weighted by molar-refractivity contribution is 0.834. The molecule has 2 rings (SSSR count). The number of thiocarbonyl (C=S) groups is 1. The van der Waals surface area contributed by atoms with Gasteiger partial charge in [-0.1, -0.05) is 26.1 Å². The van der Waals surface area contributed by atoms with Crippen molar-refractivity contribution in [1.82, 2.24) is 9.97 Å². The molecule has 0 bridgehead atoms. The minimum Gasteiger partial charge on any atom is -0.389 e. The van der Waals surface area contributed by atoms with Gasteiger partial charge in [0, 0.05) is 11.6 Å². The van der Waals surface area contributed by atoms with Crippen LogP contribution in [0.2, 0.25) is 0 Å². The number of hydrogen-bond acceptors (Lipinski definition) is 5. The second-order valence-electron chi connectivity index (χ2n) is 4.12. The predicted molar refractivity (Wildman–Crippen MR) is 79.6 cm³/mol. The van der Waals surface area contributed by atoms with Crippen molar-refractivity contribution in [2.24, 2.45) is 5.73 Å². The Morgan fingerprint density at radius 1 is 1.50 bits per heavy atom. The number of pyridine rings is 1. The van der Waals surface area contributed by atoms with E-state index in [1.807, 2.05) is 11.4 Å². The molecule has 2 aromatic heterocycles. The van der Waals surface area contributed by atoms with Crippen LogP contribution >= 0.6 is 23.6 Å². The van der Waals surface area contributed by atoms with E-state index in [9.17, 15) is 0 Å². The number of nitrogens with zero attached hydrogens (tertiary/aromatic N) is 2. The third-order valence-corrected chi connectivity index (χ3v) is 3.41. The largest absolute Gasteiger partial charge is 0.389 e. The molecule has 0 spiro atoms. The molecule has 0 amide bonds. The first kappa shape index (κ1) is 12.9. The lowest BCUT2D eigenvalue weighted by atomic mass is 10.2. The summed E-state index contributed by atoms with van der Waals surface area (Å²) in [7, 11) is 0. The summed E-state index contributed by atoms with van der Waals surface area (Å²) >= 11 is 6.54. The van der Waals surface area contributed by atoms with Crippen LogP contribution in [0.5, 0.6) is 0 Å². The Morgan fingerprint density at radius 3 is 2.89 bits per heavy atom. The number of rotatable bonds is 4. The summed E-state index contributed by atoms with van der Waals surface area (Å²) < 4.78 is 0. The Bertz CT molecular complexity index is 563. The second kappa shape index (κ2) is 5.41. The molecule has 0 saturated heterocycles. The maximum Gasteiger partial charge on any atom is 0.188 e. The van der Waals surface area contributed by atoms with E-state index in [1.165, 1.54) is 0 Å². The van der Waals surface area contributed by atoms with Gasteiger partial charge in [-0.05, 0) is 18.1 Å². The molecular weight excluding hydrogens is 264 g/mol. The Hall–Kier alpha value is -1.53. The van der Waals surface area contributed by atoms with Crippen molar-refractivity contribution < 1.29 is 0 Å². The molecule has 0 aliphatic rings. The fourth-order valence-corrected chi connectivity index (χ4v) is 2.45. The van der Waals surface area contributed by atoms with Gasteiger partial charge in [0.1, 0.15) is 10.8 Å². The highest BCUT2D eigenvalue weighted by molar-refractivity contribution is 7.80. The van der Waals surface area contributed by atoms with Gasteiger partial charge in [0.15, 0.2) is 5.13 Å². The minimum atomic E-state index is 0.325. The summed E-state index contributed by atoms with van der Waals surface area (Å²) in [5.41, 5.74) is 7.45. The van der Waals surface area contributed by atoms with Crippen molar-refractivity contribution >= 4 is 39.5 Å². The number of aromatic nitrogens is 2. The Labute approximate surface area is 115 Å². The zero-order chi connectivity index (χ0) is 13.1. The topological polar surface area (TPSA) is 63.8 Å². The number of thiazole rings is 1. The van der Waals surface area contributed by atoms with Gasteiger partial charge in [0.05, 0.1) is 11.3 Å². The Kier molecular flexibility index (Phi) is 3.88. The van der Waals surface area contributed by atoms with Crippen LogP contribution in [0.15, 0.2) is 23.7 Å². The number of hydrogen-bond donors (Lipinski definition) is 2. The van der Waals surface area contributed by atoms with Crippen LogP contribution in [0, 0.1) is 0 Å². The van der Waals surface area contributed by atoms with E-state index in [0.717, 1.165) is 16.4 Å². The molecule has 4 nitrogen and oxygen atoms in total. The van der Waals surface area contributed by atoms with Crippen LogP contribution < -0.4 is 11.1 Å². The molecule has 0 radical (unpaired) electrons. The maximum atomic E-state index is 5.66. The fraction of sp³-hybridized carbons (Fsp3) is 0.250. The number of nitrogens with one attached hydrogen (secondary N) is 1. The van der Waals surface area contributed by atoms with Gasteiger partial charge in [0.2, 0.25) is 0 Å². The highest BCUT2D eigenvalue weighted by Gasteiger charge is 2.09. The smallest absolute Gasteiger partial charge is 0.188 e.